The fourth-order valence-electron chi connectivity index (χ4n) is 4.19. The largest absolute Gasteiger partial charge is 0.497 e. The van der Waals surface area contributed by atoms with Gasteiger partial charge in [0.25, 0.3) is 0 Å². The molecule has 0 saturated carbocycles. The summed E-state index contributed by atoms with van der Waals surface area (Å²) < 4.78 is 7.01. The van der Waals surface area contributed by atoms with Gasteiger partial charge in [-0.15, -0.1) is 0 Å². The highest BCUT2D eigenvalue weighted by molar-refractivity contribution is 5.95. The van der Waals surface area contributed by atoms with Crippen LogP contribution in [0.1, 0.15) is 71.1 Å². The number of unbranched alkanes of at least 4 members (excludes halogenated alkanes) is 1. The second kappa shape index (κ2) is 12.6. The van der Waals surface area contributed by atoms with Crippen LogP contribution in [0.3, 0.4) is 0 Å². The molecule has 3 aromatic rings. The van der Waals surface area contributed by atoms with Crippen LogP contribution >= 0.6 is 0 Å². The monoisotopic (exact) mass is 504 g/mol. The number of amides is 2. The Morgan fingerprint density at radius 3 is 2.30 bits per heavy atom. The number of nitrogens with zero attached hydrogens (tertiary/aromatic N) is 3. The Bertz CT molecular complexity index is 1160. The van der Waals surface area contributed by atoms with Crippen LogP contribution in [0, 0.1) is 0 Å². The van der Waals surface area contributed by atoms with E-state index in [0.29, 0.717) is 18.8 Å². The van der Waals surface area contributed by atoms with E-state index >= 15 is 0 Å². The van der Waals surface area contributed by atoms with Crippen LogP contribution < -0.4 is 10.1 Å². The van der Waals surface area contributed by atoms with Gasteiger partial charge in [0, 0.05) is 18.0 Å². The molecule has 0 spiro atoms. The molecule has 198 valence electrons. The van der Waals surface area contributed by atoms with Gasteiger partial charge in [-0.25, -0.2) is 4.68 Å². The molecule has 1 heterocycles. The van der Waals surface area contributed by atoms with Crippen LogP contribution in [-0.2, 0) is 15.0 Å². The zero-order chi connectivity index (χ0) is 27.0. The van der Waals surface area contributed by atoms with Crippen LogP contribution in [-0.4, -0.2) is 46.7 Å². The normalized spacial score (nSPS) is 12.2. The topological polar surface area (TPSA) is 76.5 Å². The smallest absolute Gasteiger partial charge is 0.245 e. The number of aromatic nitrogens is 2. The van der Waals surface area contributed by atoms with E-state index in [2.05, 4.69) is 33.0 Å². The lowest BCUT2D eigenvalue weighted by molar-refractivity contribution is -0.136. The summed E-state index contributed by atoms with van der Waals surface area (Å²) in [6.45, 7) is 10.9. The minimum atomic E-state index is -0.275. The summed E-state index contributed by atoms with van der Waals surface area (Å²) in [5.41, 5.74) is 2.43. The molecule has 2 amide bonds. The van der Waals surface area contributed by atoms with Crippen LogP contribution in [0.4, 0.5) is 5.82 Å². The molecule has 0 aliphatic heterocycles. The lowest BCUT2D eigenvalue weighted by Gasteiger charge is -2.27. The average molecular weight is 505 g/mol. The number of carbonyl (C=O) groups excluding carboxylic acids is 2. The van der Waals surface area contributed by atoms with Gasteiger partial charge in [-0.1, -0.05) is 71.4 Å². The molecule has 1 N–H and O–H groups in total. The molecule has 7 nitrogen and oxygen atoms in total. The molecular weight excluding hydrogens is 464 g/mol. The van der Waals surface area contributed by atoms with Crippen molar-refractivity contribution in [1.82, 2.24) is 14.7 Å². The Hall–Kier alpha value is -3.61. The molecule has 7 heteroatoms. The van der Waals surface area contributed by atoms with Crippen LogP contribution in [0.2, 0.25) is 0 Å². The minimum Gasteiger partial charge on any atom is -0.497 e. The van der Waals surface area contributed by atoms with Gasteiger partial charge in [-0.2, -0.15) is 5.10 Å². The van der Waals surface area contributed by atoms with Crippen molar-refractivity contribution < 1.29 is 14.3 Å². The number of nitrogens with one attached hydrogen (secondary N) is 1. The first-order valence-corrected chi connectivity index (χ1v) is 13.1. The van der Waals surface area contributed by atoms with Crippen LogP contribution in [0.15, 0.2) is 60.7 Å². The highest BCUT2D eigenvalue weighted by Gasteiger charge is 2.27. The third-order valence-corrected chi connectivity index (χ3v) is 6.40. The summed E-state index contributed by atoms with van der Waals surface area (Å²) in [6.07, 6.45) is 2.45. The fraction of sp³-hybridized carbons (Fsp3) is 0.433. The molecular formula is C30H40N4O3. The van der Waals surface area contributed by atoms with Gasteiger partial charge >= 0.3 is 0 Å². The minimum absolute atomic E-state index is 0.0131. The molecule has 0 bridgehead atoms. The summed E-state index contributed by atoms with van der Waals surface area (Å²) in [7, 11) is 1.62. The third-order valence-electron chi connectivity index (χ3n) is 6.40. The van der Waals surface area contributed by atoms with Crippen LogP contribution in [0.25, 0.3) is 5.69 Å². The number of hydrogen-bond acceptors (Lipinski definition) is 4. The Kier molecular flexibility index (Phi) is 9.50. The Morgan fingerprint density at radius 2 is 1.73 bits per heavy atom. The number of methoxy groups -OCH3 is 1. The van der Waals surface area contributed by atoms with E-state index in [1.165, 1.54) is 0 Å². The second-order valence-corrected chi connectivity index (χ2v) is 10.3. The van der Waals surface area contributed by atoms with Gasteiger partial charge in [-0.3, -0.25) is 9.59 Å². The number of carbonyl (C=O) groups is 2. The third kappa shape index (κ3) is 7.21. The van der Waals surface area contributed by atoms with Crippen LogP contribution in [0.5, 0.6) is 5.75 Å². The molecule has 1 aromatic heterocycles. The molecule has 2 aromatic carbocycles. The Labute approximate surface area is 220 Å². The van der Waals surface area contributed by atoms with Gasteiger partial charge < -0.3 is 15.0 Å². The maximum atomic E-state index is 13.6. The van der Waals surface area contributed by atoms with Gasteiger partial charge in [0.1, 0.15) is 11.6 Å². The van der Waals surface area contributed by atoms with Crippen molar-refractivity contribution in [2.45, 2.75) is 65.2 Å². The number of rotatable bonds is 11. The summed E-state index contributed by atoms with van der Waals surface area (Å²) in [5, 5.41) is 7.81. The predicted molar refractivity (Wildman–Crippen MR) is 148 cm³/mol. The molecule has 1 unspecified atom stereocenters. The average Bonchev–Trinajstić information content (AvgIpc) is 3.31. The van der Waals surface area contributed by atoms with Crippen molar-refractivity contribution in [2.24, 2.45) is 0 Å². The summed E-state index contributed by atoms with van der Waals surface area (Å²) in [5.74, 6) is 0.770. The summed E-state index contributed by atoms with van der Waals surface area (Å²) in [6, 6.07) is 19.2. The highest BCUT2D eigenvalue weighted by atomic mass is 16.5. The zero-order valence-corrected chi connectivity index (χ0v) is 23.0. The van der Waals surface area contributed by atoms with E-state index in [1.54, 1.807) is 16.7 Å². The number of hydrogen-bond donors (Lipinski definition) is 1. The predicted octanol–water partition coefficient (Wildman–Crippen LogP) is 5.94. The van der Waals surface area contributed by atoms with E-state index in [0.717, 1.165) is 35.5 Å². The number of benzene rings is 2. The van der Waals surface area contributed by atoms with Crippen molar-refractivity contribution in [3.05, 3.63) is 71.9 Å². The first kappa shape index (κ1) is 28.0. The zero-order valence-electron chi connectivity index (χ0n) is 23.0. The molecule has 0 aliphatic rings. The van der Waals surface area contributed by atoms with Gasteiger partial charge in [0.05, 0.1) is 31.0 Å². The molecule has 37 heavy (non-hydrogen) atoms. The number of anilines is 1. The molecule has 0 saturated heterocycles. The van der Waals surface area contributed by atoms with Crippen molar-refractivity contribution in [3.63, 3.8) is 0 Å². The van der Waals surface area contributed by atoms with Crippen molar-refractivity contribution >= 4 is 17.6 Å². The summed E-state index contributed by atoms with van der Waals surface area (Å²) >= 11 is 0. The lowest BCUT2D eigenvalue weighted by Crippen LogP contribution is -2.41. The molecule has 0 aliphatic carbocycles. The molecule has 0 radical (unpaired) electrons. The highest BCUT2D eigenvalue weighted by Crippen LogP contribution is 2.27. The standard InChI is InChI=1S/C30H40N4O3/c1-7-9-19-33(29(36)25(8-2)22-13-11-10-12-14-22)21-28(35)31-27-20-26(30(3,4)5)32-34(27)23-15-17-24(37-6)18-16-23/h10-18,20,25H,7-9,19,21H2,1-6H3,(H,31,35). The Morgan fingerprint density at radius 1 is 1.05 bits per heavy atom. The van der Waals surface area contributed by atoms with Gasteiger partial charge in [0.15, 0.2) is 0 Å². The van der Waals surface area contributed by atoms with E-state index in [1.807, 2.05) is 67.6 Å². The van der Waals surface area contributed by atoms with Crippen molar-refractivity contribution in [2.75, 3.05) is 25.5 Å². The van der Waals surface area contributed by atoms with E-state index in [-0.39, 0.29) is 29.7 Å². The quantitative estimate of drug-likeness (QED) is 0.351. The second-order valence-electron chi connectivity index (χ2n) is 10.3. The molecule has 0 fully saturated rings. The maximum Gasteiger partial charge on any atom is 0.245 e. The van der Waals surface area contributed by atoms with Gasteiger partial charge in [0.2, 0.25) is 11.8 Å². The molecule has 1 atom stereocenters. The van der Waals surface area contributed by atoms with Crippen molar-refractivity contribution in [3.8, 4) is 11.4 Å². The SMILES string of the molecule is CCCCN(CC(=O)Nc1cc(C(C)(C)C)nn1-c1ccc(OC)cc1)C(=O)C(CC)c1ccccc1. The van der Waals surface area contributed by atoms with E-state index in [9.17, 15) is 9.59 Å². The van der Waals surface area contributed by atoms with Crippen molar-refractivity contribution in [1.29, 1.82) is 0 Å². The first-order chi connectivity index (χ1) is 17.7. The van der Waals surface area contributed by atoms with Gasteiger partial charge in [-0.05, 0) is 42.7 Å². The lowest BCUT2D eigenvalue weighted by atomic mass is 9.92. The summed E-state index contributed by atoms with van der Waals surface area (Å²) in [4.78, 5) is 28.6. The maximum absolute atomic E-state index is 13.6. The van der Waals surface area contributed by atoms with E-state index < -0.39 is 0 Å². The first-order valence-electron chi connectivity index (χ1n) is 13.1. The van der Waals surface area contributed by atoms with E-state index in [4.69, 9.17) is 9.84 Å². The molecule has 3 rings (SSSR count). The Balaban J connectivity index is 1.85. The number of ether oxygens (including phenoxy) is 1. The fourth-order valence-corrected chi connectivity index (χ4v) is 4.19.